The van der Waals surface area contributed by atoms with Crippen LogP contribution in [-0.2, 0) is 35.5 Å². The lowest BCUT2D eigenvalue weighted by Crippen LogP contribution is -2.43. The molecule has 0 bridgehead atoms. The van der Waals surface area contributed by atoms with Crippen LogP contribution in [0.1, 0.15) is 75.9 Å². The molecule has 0 radical (unpaired) electrons. The topological polar surface area (TPSA) is 143 Å². The molecule has 4 aromatic rings. The third kappa shape index (κ3) is 9.90. The van der Waals surface area contributed by atoms with Crippen LogP contribution in [0, 0.1) is 18.3 Å². The lowest BCUT2D eigenvalue weighted by atomic mass is 9.80. The first-order valence-corrected chi connectivity index (χ1v) is 20.2. The van der Waals surface area contributed by atoms with E-state index in [1.165, 1.54) is 17.7 Å². The van der Waals surface area contributed by atoms with E-state index in [2.05, 4.69) is 38.4 Å². The number of carbonyl (C=O) groups excluding carboxylic acids is 1. The van der Waals surface area contributed by atoms with E-state index in [-0.39, 0.29) is 56.0 Å². The van der Waals surface area contributed by atoms with Gasteiger partial charge in [-0.1, -0.05) is 54.6 Å². The van der Waals surface area contributed by atoms with Crippen molar-refractivity contribution in [1.29, 1.82) is 5.26 Å². The van der Waals surface area contributed by atoms with Crippen molar-refractivity contribution in [3.05, 3.63) is 128 Å². The van der Waals surface area contributed by atoms with Crippen LogP contribution in [0.2, 0.25) is 0 Å². The zero-order valence-electron chi connectivity index (χ0n) is 33.9. The number of methoxy groups -OCH3 is 2. The largest absolute Gasteiger partial charge is 0.497 e. The maximum Gasteiger partial charge on any atom is 0.333 e. The molecule has 1 unspecified atom stereocenters. The lowest BCUT2D eigenvalue weighted by molar-refractivity contribution is -0.117. The monoisotopic (exact) mass is 800 g/mol. The Morgan fingerprint density at radius 2 is 1.49 bits per heavy atom. The summed E-state index contributed by atoms with van der Waals surface area (Å²) < 4.78 is 42.7. The van der Waals surface area contributed by atoms with Crippen LogP contribution in [0.25, 0.3) is 0 Å². The summed E-state index contributed by atoms with van der Waals surface area (Å²) in [7, 11) is 1.50. The summed E-state index contributed by atoms with van der Waals surface area (Å²) >= 11 is 0. The number of carbonyl (C=O) groups is 1. The molecular weight excluding hydrogens is 747 g/mol. The van der Waals surface area contributed by atoms with Crippen LogP contribution in [0.3, 0.4) is 0 Å². The quantitative estimate of drug-likeness (QED) is 0.0556. The Balaban J connectivity index is 1.64. The van der Waals surface area contributed by atoms with Crippen molar-refractivity contribution >= 4 is 14.3 Å². The molecule has 1 aliphatic heterocycles. The van der Waals surface area contributed by atoms with Gasteiger partial charge < -0.3 is 28.0 Å². The summed E-state index contributed by atoms with van der Waals surface area (Å²) in [6.45, 7) is 10.9. The fraction of sp³-hybridized carbons (Fsp3) is 0.442. The molecule has 5 rings (SSSR count). The van der Waals surface area contributed by atoms with Gasteiger partial charge in [-0.05, 0) is 82.5 Å². The molecule has 1 fully saturated rings. The predicted molar refractivity (Wildman–Crippen MR) is 217 cm³/mol. The van der Waals surface area contributed by atoms with Gasteiger partial charge in [-0.25, -0.2) is 9.46 Å². The van der Waals surface area contributed by atoms with Crippen LogP contribution in [0.4, 0.5) is 0 Å². The number of ether oxygens (including phenoxy) is 4. The Bertz CT molecular complexity index is 2040. The lowest BCUT2D eigenvalue weighted by Gasteiger charge is -2.39. The fourth-order valence-corrected chi connectivity index (χ4v) is 8.91. The molecule has 1 aliphatic rings. The molecule has 1 aromatic heterocycles. The highest BCUT2D eigenvalue weighted by atomic mass is 31.2. The van der Waals surface area contributed by atoms with Gasteiger partial charge in [-0.3, -0.25) is 18.7 Å². The number of hydrogen-bond acceptors (Lipinski definition) is 11. The first-order valence-electron chi connectivity index (χ1n) is 19.1. The normalized spacial score (nSPS) is 17.5. The fourth-order valence-electron chi connectivity index (χ4n) is 7.15. The van der Waals surface area contributed by atoms with Crippen molar-refractivity contribution < 1.29 is 32.8 Å². The summed E-state index contributed by atoms with van der Waals surface area (Å²) in [6.07, 6.45) is -0.484. The minimum atomic E-state index is -1.73. The number of Topliss-reactive ketones (excluding diaryl/α,β-unsaturated/α-hetero) is 1. The van der Waals surface area contributed by atoms with E-state index >= 15 is 0 Å². The highest BCUT2D eigenvalue weighted by Crippen LogP contribution is 2.50. The number of nitrogens with zero attached hydrogens (tertiary/aromatic N) is 4. The van der Waals surface area contributed by atoms with E-state index in [0.29, 0.717) is 11.5 Å². The van der Waals surface area contributed by atoms with E-state index in [1.807, 2.05) is 78.9 Å². The number of aryl methyl sites for hydroxylation is 1. The van der Waals surface area contributed by atoms with Crippen molar-refractivity contribution in [2.24, 2.45) is 0 Å². The van der Waals surface area contributed by atoms with Crippen molar-refractivity contribution in [2.45, 2.75) is 97.0 Å². The van der Waals surface area contributed by atoms with Crippen LogP contribution in [0.15, 0.2) is 94.6 Å². The first kappa shape index (κ1) is 43.5. The maximum atomic E-state index is 13.9. The van der Waals surface area contributed by atoms with Crippen LogP contribution < -0.4 is 20.7 Å². The SMILES string of the molecule is COc1ccc(C(OC[C@H]2O[C@@H](n3cc(C)c(=O)n(CC(C)=O)c3=O)C[C@@H]2OP(OCCC#N)N(C(C)C)C(C)C)(c2ccccc2)c2ccc(OC)cc2)cc1. The van der Waals surface area contributed by atoms with Gasteiger partial charge in [0.15, 0.2) is 0 Å². The van der Waals surface area contributed by atoms with E-state index in [4.69, 9.17) is 28.0 Å². The number of nitriles is 1. The number of ketones is 1. The van der Waals surface area contributed by atoms with Crippen molar-refractivity contribution in [2.75, 3.05) is 27.4 Å². The molecule has 0 N–H and O–H groups in total. The molecule has 1 saturated heterocycles. The zero-order chi connectivity index (χ0) is 41.3. The highest BCUT2D eigenvalue weighted by molar-refractivity contribution is 7.44. The molecular formula is C43H53N4O9P. The third-order valence-electron chi connectivity index (χ3n) is 9.76. The Morgan fingerprint density at radius 3 is 2.00 bits per heavy atom. The summed E-state index contributed by atoms with van der Waals surface area (Å²) in [6, 6.07) is 27.5. The molecule has 57 heavy (non-hydrogen) atoms. The smallest absolute Gasteiger partial charge is 0.333 e. The number of benzene rings is 3. The van der Waals surface area contributed by atoms with E-state index < -0.39 is 43.8 Å². The van der Waals surface area contributed by atoms with Crippen molar-refractivity contribution in [3.63, 3.8) is 0 Å². The first-order chi connectivity index (χ1) is 27.3. The number of rotatable bonds is 19. The summed E-state index contributed by atoms with van der Waals surface area (Å²) in [5.41, 5.74) is 0.395. The van der Waals surface area contributed by atoms with E-state index in [1.54, 1.807) is 21.1 Å². The highest BCUT2D eigenvalue weighted by Gasteiger charge is 2.45. The summed E-state index contributed by atoms with van der Waals surface area (Å²) in [4.78, 5) is 39.1. The molecule has 4 atom stereocenters. The second-order valence-electron chi connectivity index (χ2n) is 14.5. The van der Waals surface area contributed by atoms with Gasteiger partial charge in [0.25, 0.3) is 14.1 Å². The molecule has 14 heteroatoms. The Kier molecular flexibility index (Phi) is 15.0. The van der Waals surface area contributed by atoms with Crippen LogP contribution >= 0.6 is 8.53 Å². The third-order valence-corrected chi connectivity index (χ3v) is 11.9. The maximum absolute atomic E-state index is 13.9. The molecule has 13 nitrogen and oxygen atoms in total. The van der Waals surface area contributed by atoms with Gasteiger partial charge in [0.1, 0.15) is 35.2 Å². The Morgan fingerprint density at radius 1 is 0.930 bits per heavy atom. The molecule has 2 heterocycles. The molecule has 304 valence electrons. The predicted octanol–water partition coefficient (Wildman–Crippen LogP) is 6.88. The minimum absolute atomic E-state index is 0.0142. The van der Waals surface area contributed by atoms with Crippen LogP contribution in [0.5, 0.6) is 11.5 Å². The molecule has 0 spiro atoms. The van der Waals surface area contributed by atoms with Gasteiger partial charge >= 0.3 is 5.69 Å². The van der Waals surface area contributed by atoms with Gasteiger partial charge in [-0.2, -0.15) is 5.26 Å². The average Bonchev–Trinajstić information content (AvgIpc) is 3.60. The molecule has 0 aliphatic carbocycles. The second kappa shape index (κ2) is 19.7. The summed E-state index contributed by atoms with van der Waals surface area (Å²) in [5, 5.41) is 9.35. The number of aromatic nitrogens is 2. The number of hydrogen-bond donors (Lipinski definition) is 0. The average molecular weight is 801 g/mol. The molecule has 0 amide bonds. The Hall–Kier alpha value is -4.67. The summed E-state index contributed by atoms with van der Waals surface area (Å²) in [5.74, 6) is 1.03. The van der Waals surface area contributed by atoms with Crippen molar-refractivity contribution in [1.82, 2.24) is 13.8 Å². The van der Waals surface area contributed by atoms with Crippen LogP contribution in [-0.4, -0.2) is 71.3 Å². The molecule has 3 aromatic carbocycles. The van der Waals surface area contributed by atoms with Gasteiger partial charge in [-0.15, -0.1) is 0 Å². The molecule has 0 saturated carbocycles. The van der Waals surface area contributed by atoms with E-state index in [0.717, 1.165) is 21.3 Å². The minimum Gasteiger partial charge on any atom is -0.497 e. The Labute approximate surface area is 335 Å². The standard InChI is InChI=1S/C43H53N4O9P/c1-29(2)47(30(3)4)57(54-24-12-23-44)56-38-25-40(45-26-31(5)41(49)46(42(45)50)27-32(6)48)55-39(38)28-53-43(33-13-10-9-11-14-33,34-15-19-36(51-7)20-16-34)35-17-21-37(52-8)22-18-35/h9-11,13-22,26,29-30,38-40H,12,24-25,27-28H2,1-8H3/t38-,39+,40+,57?/m0/s1. The van der Waals surface area contributed by atoms with Gasteiger partial charge in [0.05, 0.1) is 52.6 Å². The van der Waals surface area contributed by atoms with E-state index in [9.17, 15) is 19.6 Å². The van der Waals surface area contributed by atoms with Gasteiger partial charge in [0, 0.05) is 30.3 Å². The van der Waals surface area contributed by atoms with Gasteiger partial charge in [0.2, 0.25) is 0 Å². The van der Waals surface area contributed by atoms with Crippen molar-refractivity contribution in [3.8, 4) is 17.6 Å². The second-order valence-corrected chi connectivity index (χ2v) is 15.9. The zero-order valence-corrected chi connectivity index (χ0v) is 34.8.